The van der Waals surface area contributed by atoms with E-state index < -0.39 is 42.1 Å². The molecule has 3 aromatic heterocycles. The predicted octanol–water partition coefficient (Wildman–Crippen LogP) is 16.1. The van der Waals surface area contributed by atoms with Crippen LogP contribution in [0, 0.1) is 14.3 Å². The first-order valence-electron chi connectivity index (χ1n) is 38.4. The van der Waals surface area contributed by atoms with Crippen LogP contribution < -0.4 is 35.1 Å². The molecule has 11 aromatic rings. The number of nitrogens with one attached hydrogen (secondary N) is 3. The number of aliphatic hydroxyl groups excluding tert-OH is 2. The molecule has 11 rings (SSSR count). The highest BCUT2D eigenvalue weighted by atomic mass is 127. The number of aliphatic carboxylic acids is 1. The summed E-state index contributed by atoms with van der Waals surface area (Å²) in [5.74, 6) is 1.48. The topological polar surface area (TPSA) is 339 Å². The van der Waals surface area contributed by atoms with Gasteiger partial charge in [-0.1, -0.05) is 163 Å². The molecule has 0 spiro atoms. The second-order valence-corrected chi connectivity index (χ2v) is 31.3. The summed E-state index contributed by atoms with van der Waals surface area (Å²) in [6.45, 7) is 3.75. The van der Waals surface area contributed by atoms with Crippen LogP contribution in [0.2, 0.25) is 0 Å². The van der Waals surface area contributed by atoms with Gasteiger partial charge in [-0.3, -0.25) is 9.63 Å². The third-order valence-corrected chi connectivity index (χ3v) is 21.3. The lowest BCUT2D eigenvalue weighted by atomic mass is 10.1. The van der Waals surface area contributed by atoms with Crippen molar-refractivity contribution in [3.63, 3.8) is 0 Å². The summed E-state index contributed by atoms with van der Waals surface area (Å²) in [7, 11) is 0. The van der Waals surface area contributed by atoms with Crippen molar-refractivity contribution in [2.75, 3.05) is 52.9 Å². The molecular weight excluding hydrogens is 1940 g/mol. The second kappa shape index (κ2) is 52.2. The molecule has 27 nitrogen and oxygen atoms in total. The Kier molecular flexibility index (Phi) is 41.7. The number of aliphatic hydroxyl groups is 2. The van der Waals surface area contributed by atoms with E-state index in [-0.39, 0.29) is 52.8 Å². The van der Waals surface area contributed by atoms with Crippen LogP contribution in [-0.4, -0.2) is 161 Å². The Morgan fingerprint density at radius 3 is 1.07 bits per heavy atom. The number of hydrogen-bond acceptors (Lipinski definition) is 21. The summed E-state index contributed by atoms with van der Waals surface area (Å²) in [6, 6.07) is 54.3. The van der Waals surface area contributed by atoms with E-state index in [1.54, 1.807) is 47.1 Å². The highest BCUT2D eigenvalue weighted by Crippen LogP contribution is 2.33. The van der Waals surface area contributed by atoms with Crippen LogP contribution in [0.15, 0.2) is 188 Å². The number of ether oxygens (including phenoxy) is 6. The molecule has 0 saturated heterocycles. The number of fused-ring (bicyclic) bond motifs is 3. The van der Waals surface area contributed by atoms with E-state index in [0.29, 0.717) is 67.9 Å². The minimum Gasteiger partial charge on any atom is -0.492 e. The molecule has 0 aliphatic rings. The van der Waals surface area contributed by atoms with Crippen molar-refractivity contribution in [2.24, 2.45) is 0 Å². The zero-order chi connectivity index (χ0) is 81.2. The Labute approximate surface area is 729 Å². The van der Waals surface area contributed by atoms with E-state index in [2.05, 4.69) is 137 Å². The Balaban J connectivity index is 0.000000283. The number of aromatic nitrogens is 9. The van der Waals surface area contributed by atoms with Gasteiger partial charge >= 0.3 is 30.0 Å². The minimum absolute atomic E-state index is 0. The first-order chi connectivity index (χ1) is 56.2. The molecule has 8 aromatic carbocycles. The quantitative estimate of drug-likeness (QED) is 0.00893. The first kappa shape index (κ1) is 92.8. The number of hydrogen-bond donors (Lipinski definition) is 6. The number of nitrogens with zero attached hydrogens (tertiary/aromatic N) is 9. The summed E-state index contributed by atoms with van der Waals surface area (Å²) < 4.78 is 43.3. The molecule has 618 valence electrons. The van der Waals surface area contributed by atoms with Crippen LogP contribution in [0.1, 0.15) is 127 Å². The molecule has 31 heteroatoms. The molecule has 0 fully saturated rings. The molecule has 0 aliphatic heterocycles. The van der Waals surface area contributed by atoms with Gasteiger partial charge in [0.25, 0.3) is 0 Å². The smallest absolute Gasteiger partial charge is 0.344 e. The van der Waals surface area contributed by atoms with Crippen molar-refractivity contribution in [2.45, 2.75) is 154 Å². The maximum Gasteiger partial charge on any atom is 0.344 e. The van der Waals surface area contributed by atoms with E-state index in [9.17, 15) is 29.1 Å². The van der Waals surface area contributed by atoms with Crippen LogP contribution in [0.4, 0.5) is 9.59 Å². The fourth-order valence-corrected chi connectivity index (χ4v) is 14.2. The Morgan fingerprint density at radius 2 is 0.681 bits per heavy atom. The minimum atomic E-state index is -1.10. The maximum absolute atomic E-state index is 13.2. The van der Waals surface area contributed by atoms with Crippen LogP contribution >= 0.6 is 90.4 Å². The number of carbonyl (C=O) groups excluding carboxylic acids is 4. The van der Waals surface area contributed by atoms with Crippen molar-refractivity contribution >= 4 is 153 Å². The predicted molar refractivity (Wildman–Crippen MR) is 477 cm³/mol. The molecule has 0 saturated carbocycles. The van der Waals surface area contributed by atoms with E-state index in [1.165, 1.54) is 0 Å². The Hall–Kier alpha value is -8.73. The zero-order valence-corrected chi connectivity index (χ0v) is 72.3. The lowest BCUT2D eigenvalue weighted by Crippen LogP contribution is -2.45. The third kappa shape index (κ3) is 31.3. The van der Waals surface area contributed by atoms with Gasteiger partial charge in [0.1, 0.15) is 57.7 Å². The normalized spacial score (nSPS) is 11.7. The van der Waals surface area contributed by atoms with Crippen molar-refractivity contribution in [3.8, 4) is 23.0 Å². The molecule has 0 bridgehead atoms. The monoisotopic (exact) mass is 2040 g/mol. The van der Waals surface area contributed by atoms with Crippen molar-refractivity contribution < 1.29 is 72.6 Å². The fourth-order valence-electron chi connectivity index (χ4n) is 11.8. The summed E-state index contributed by atoms with van der Waals surface area (Å²) >= 11 is 9.12. The number of unbranched alkanes of at least 4 members (excludes halogenated alkanes) is 12. The van der Waals surface area contributed by atoms with Crippen LogP contribution in [0.3, 0.4) is 0 Å². The van der Waals surface area contributed by atoms with E-state index in [4.69, 9.17) is 43.5 Å². The summed E-state index contributed by atoms with van der Waals surface area (Å²) in [6.07, 6.45) is 15.7. The second-order valence-electron chi connectivity index (χ2n) is 26.7. The number of halogens is 4. The summed E-state index contributed by atoms with van der Waals surface area (Å²) in [5.41, 5.74) is 9.42. The molecule has 6 N–H and O–H groups in total. The first-order valence-corrected chi connectivity index (χ1v) is 42.7. The third-order valence-electron chi connectivity index (χ3n) is 17.9. The largest absolute Gasteiger partial charge is 0.492 e. The maximum atomic E-state index is 13.2. The lowest BCUT2D eigenvalue weighted by Gasteiger charge is -2.18. The van der Waals surface area contributed by atoms with Gasteiger partial charge in [0, 0.05) is 32.5 Å². The fraction of sp³-hybridized carbons (Fsp3) is 0.376. The van der Waals surface area contributed by atoms with Gasteiger partial charge in [0.2, 0.25) is 0 Å². The highest BCUT2D eigenvalue weighted by Gasteiger charge is 2.27. The van der Waals surface area contributed by atoms with Gasteiger partial charge in [-0.2, -0.15) is 14.8 Å². The Morgan fingerprint density at radius 1 is 0.371 bits per heavy atom. The SMILES string of the molecule is C.O=C(O)[C@H](Cc1ccccc1)NC(=O)n1nnc2ccccc21.O=C(OCCCCCCOc1cc(I)c(OCCCCCCOC(=O)[C@H](Cc2ccccc2)NC(=O)n2nnc3ccccc32)cc1I)[C@H](Cc1ccccc1)NOCn1nnc2ccccc21.OCCCCCCOc1cc(I)c(OCCCCCCO)cc1I. The van der Waals surface area contributed by atoms with Crippen molar-refractivity contribution in [3.05, 3.63) is 219 Å². The van der Waals surface area contributed by atoms with Gasteiger partial charge in [0.05, 0.1) is 70.5 Å². The lowest BCUT2D eigenvalue weighted by molar-refractivity contribution is -0.152. The number of carboxylic acid groups (broad SMARTS) is 1. The molecule has 3 heterocycles. The number of amides is 2. The van der Waals surface area contributed by atoms with Crippen LogP contribution in [0.25, 0.3) is 33.1 Å². The molecule has 3 atom stereocenters. The highest BCUT2D eigenvalue weighted by molar-refractivity contribution is 14.1. The molecule has 0 radical (unpaired) electrons. The average Bonchev–Trinajstić information content (AvgIpc) is 1.76. The van der Waals surface area contributed by atoms with Crippen molar-refractivity contribution in [1.29, 1.82) is 0 Å². The average molecular weight is 2040 g/mol. The van der Waals surface area contributed by atoms with Gasteiger partial charge in [-0.05, 0) is 258 Å². The standard InChI is InChI=1S/C50H54I2N8O8.C18H28I2O4.C16H14N4O3.CH4/c51-38-34-47(65-28-16-2-4-18-30-67-49(62)43(32-37-21-9-6-10-22-37)56-68-35-59-44-25-13-11-23-40(44)54-57-59)39(52)33-46(38)64-27-15-1-3-17-29-66-48(61)42(31-36-19-7-5-8-20-36)53-50(63)60-45-26-14-12-24-41(45)55-58-60;19-15-14-18(24-12-8-4-2-6-10-22)16(20)13-17(15)23-11-7-3-1-5-9-21;21-15(22)13(10-11-6-2-1-3-7-11)17-16(23)20-14-9-5-4-8-12(14)18-19-20;/h5-14,19-26,33-34,42-43,56H,1-4,15-18,27-32,35H2,(H,53,63);13-14,21-22H,1-12H2;1-9,13H,10H2,(H,17,23)(H,21,22);1H4/t42-,43-;;13-;/m0.0./s1. The molecule has 0 unspecified atom stereocenters. The van der Waals surface area contributed by atoms with E-state index in [1.807, 2.05) is 146 Å². The number of para-hydroxylation sites is 3. The van der Waals surface area contributed by atoms with E-state index in [0.717, 1.165) is 171 Å². The number of rotatable bonds is 45. The number of benzene rings is 8. The molecule has 2 amide bonds. The van der Waals surface area contributed by atoms with Crippen LogP contribution in [0.5, 0.6) is 23.0 Å². The summed E-state index contributed by atoms with van der Waals surface area (Å²) in [5, 5.41) is 56.1. The molecule has 116 heavy (non-hydrogen) atoms. The van der Waals surface area contributed by atoms with Crippen molar-refractivity contribution in [1.82, 2.24) is 61.1 Å². The van der Waals surface area contributed by atoms with Gasteiger partial charge in [-0.25, -0.2) is 23.9 Å². The van der Waals surface area contributed by atoms with Gasteiger partial charge in [0.15, 0.2) is 6.73 Å². The number of esters is 2. The number of carbonyl (C=O) groups is 5. The van der Waals surface area contributed by atoms with Crippen LogP contribution in [-0.2, 0) is 54.7 Å². The van der Waals surface area contributed by atoms with Gasteiger partial charge < -0.3 is 54.4 Å². The number of carboxylic acids is 1. The summed E-state index contributed by atoms with van der Waals surface area (Å²) in [4.78, 5) is 69.0. The molecular formula is C85H100I4N12O15. The Bertz CT molecular complexity index is 4740. The number of hydroxylamine groups is 1. The van der Waals surface area contributed by atoms with Gasteiger partial charge in [-0.15, -0.1) is 15.3 Å². The van der Waals surface area contributed by atoms with E-state index >= 15 is 0 Å². The zero-order valence-electron chi connectivity index (χ0n) is 63.7. The molecule has 0 aliphatic carbocycles.